The molecule has 0 aromatic rings. The first-order valence-electron chi connectivity index (χ1n) is 7.18. The van der Waals surface area contributed by atoms with Crippen LogP contribution in [0.3, 0.4) is 0 Å². The van der Waals surface area contributed by atoms with Gasteiger partial charge in [-0.15, -0.1) is 0 Å². The summed E-state index contributed by atoms with van der Waals surface area (Å²) >= 11 is 0. The molecule has 1 saturated carbocycles. The Hall–Kier alpha value is -0.610. The lowest BCUT2D eigenvalue weighted by atomic mass is 9.85. The van der Waals surface area contributed by atoms with Crippen LogP contribution in [0.25, 0.3) is 0 Å². The molecule has 1 rings (SSSR count). The summed E-state index contributed by atoms with van der Waals surface area (Å²) in [6.07, 6.45) is 6.30. The first-order chi connectivity index (χ1) is 8.51. The zero-order valence-corrected chi connectivity index (χ0v) is 12.0. The van der Waals surface area contributed by atoms with Crippen LogP contribution < -0.4 is 11.1 Å². The average Bonchev–Trinajstić information content (AvgIpc) is 2.37. The van der Waals surface area contributed by atoms with Crippen molar-refractivity contribution < 1.29 is 9.53 Å². The van der Waals surface area contributed by atoms with E-state index in [2.05, 4.69) is 12.2 Å². The predicted molar refractivity (Wildman–Crippen MR) is 73.3 cm³/mol. The minimum Gasteiger partial charge on any atom is -0.376 e. The predicted octanol–water partition coefficient (Wildman–Crippen LogP) is 1.83. The summed E-state index contributed by atoms with van der Waals surface area (Å²) in [5.74, 6) is 0.440. The number of carbonyl (C=O) groups excluding carboxylic acids is 1. The normalized spacial score (nSPS) is 27.7. The molecular formula is C14H28N2O2. The summed E-state index contributed by atoms with van der Waals surface area (Å²) in [5.41, 5.74) is 4.70. The maximum Gasteiger partial charge on any atom is 0.239 e. The maximum atomic E-state index is 11.5. The second-order valence-corrected chi connectivity index (χ2v) is 5.60. The lowest BCUT2D eigenvalue weighted by Gasteiger charge is -2.33. The Bertz CT molecular complexity index is 271. The monoisotopic (exact) mass is 256 g/mol. The molecule has 3 atom stereocenters. The van der Waals surface area contributed by atoms with E-state index in [-0.39, 0.29) is 5.91 Å². The van der Waals surface area contributed by atoms with Crippen LogP contribution in [0.2, 0.25) is 0 Å². The molecule has 0 radical (unpaired) electrons. The van der Waals surface area contributed by atoms with Crippen molar-refractivity contribution in [2.45, 2.75) is 64.5 Å². The molecule has 3 unspecified atom stereocenters. The third kappa shape index (κ3) is 4.25. The van der Waals surface area contributed by atoms with Gasteiger partial charge in [0.1, 0.15) is 5.54 Å². The number of nitrogens with one attached hydrogen (secondary N) is 1. The average molecular weight is 256 g/mol. The van der Waals surface area contributed by atoms with Crippen LogP contribution in [0.15, 0.2) is 0 Å². The molecule has 106 valence electrons. The number of rotatable bonds is 7. The van der Waals surface area contributed by atoms with Gasteiger partial charge < -0.3 is 15.8 Å². The number of hydrogen-bond donors (Lipinski definition) is 2. The highest BCUT2D eigenvalue weighted by Gasteiger charge is 2.32. The largest absolute Gasteiger partial charge is 0.376 e. The van der Waals surface area contributed by atoms with Crippen LogP contribution in [-0.4, -0.2) is 30.7 Å². The van der Waals surface area contributed by atoms with Crippen LogP contribution in [0.4, 0.5) is 0 Å². The summed E-state index contributed by atoms with van der Waals surface area (Å²) in [5, 5.41) is 3.12. The van der Waals surface area contributed by atoms with E-state index < -0.39 is 5.54 Å². The van der Waals surface area contributed by atoms with E-state index in [1.807, 2.05) is 13.8 Å². The van der Waals surface area contributed by atoms with E-state index in [9.17, 15) is 4.79 Å². The van der Waals surface area contributed by atoms with Crippen molar-refractivity contribution in [3.8, 4) is 0 Å². The molecule has 0 aromatic heterocycles. The second-order valence-electron chi connectivity index (χ2n) is 5.60. The van der Waals surface area contributed by atoms with Crippen molar-refractivity contribution in [2.24, 2.45) is 11.7 Å². The van der Waals surface area contributed by atoms with Gasteiger partial charge in [-0.3, -0.25) is 4.79 Å². The van der Waals surface area contributed by atoms with Crippen molar-refractivity contribution in [2.75, 3.05) is 13.2 Å². The van der Waals surface area contributed by atoms with Crippen molar-refractivity contribution in [1.29, 1.82) is 0 Å². The number of primary amides is 1. The van der Waals surface area contributed by atoms with Gasteiger partial charge in [0.25, 0.3) is 0 Å². The van der Waals surface area contributed by atoms with E-state index in [1.165, 1.54) is 19.3 Å². The standard InChI is InChI=1S/C14H28N2O2/c1-4-11-7-6-8-12(9-11)18-10-14(3,13(15)17)16-5-2/h11-12,16H,4-10H2,1-3H3,(H2,15,17). The van der Waals surface area contributed by atoms with E-state index in [0.717, 1.165) is 18.8 Å². The summed E-state index contributed by atoms with van der Waals surface area (Å²) in [7, 11) is 0. The molecule has 1 aliphatic carbocycles. The lowest BCUT2D eigenvalue weighted by Crippen LogP contribution is -2.56. The number of carbonyl (C=O) groups is 1. The van der Waals surface area contributed by atoms with Gasteiger partial charge in [0.2, 0.25) is 5.91 Å². The van der Waals surface area contributed by atoms with Gasteiger partial charge >= 0.3 is 0 Å². The molecule has 0 bridgehead atoms. The fraction of sp³-hybridized carbons (Fsp3) is 0.929. The molecule has 0 aromatic carbocycles. The van der Waals surface area contributed by atoms with Crippen LogP contribution in [0.1, 0.15) is 52.9 Å². The highest BCUT2D eigenvalue weighted by molar-refractivity contribution is 5.84. The Morgan fingerprint density at radius 2 is 2.17 bits per heavy atom. The number of amides is 1. The molecule has 18 heavy (non-hydrogen) atoms. The highest BCUT2D eigenvalue weighted by Crippen LogP contribution is 2.28. The highest BCUT2D eigenvalue weighted by atomic mass is 16.5. The molecule has 1 amide bonds. The van der Waals surface area contributed by atoms with Crippen LogP contribution in [0.5, 0.6) is 0 Å². The molecule has 1 aliphatic rings. The van der Waals surface area contributed by atoms with Crippen LogP contribution in [-0.2, 0) is 9.53 Å². The van der Waals surface area contributed by atoms with E-state index in [1.54, 1.807) is 0 Å². The molecular weight excluding hydrogens is 228 g/mol. The molecule has 0 saturated heterocycles. The number of nitrogens with two attached hydrogens (primary N) is 1. The van der Waals surface area contributed by atoms with Gasteiger partial charge in [0.05, 0.1) is 12.7 Å². The van der Waals surface area contributed by atoms with Gasteiger partial charge in [0.15, 0.2) is 0 Å². The second kappa shape index (κ2) is 7.10. The number of hydrogen-bond acceptors (Lipinski definition) is 3. The number of likely N-dealkylation sites (N-methyl/N-ethyl adjacent to an activating group) is 1. The van der Waals surface area contributed by atoms with E-state index >= 15 is 0 Å². The van der Waals surface area contributed by atoms with Crippen LogP contribution in [0, 0.1) is 5.92 Å². The lowest BCUT2D eigenvalue weighted by molar-refractivity contribution is -0.128. The van der Waals surface area contributed by atoms with Gasteiger partial charge in [-0.05, 0) is 32.2 Å². The number of ether oxygens (including phenoxy) is 1. The molecule has 4 nitrogen and oxygen atoms in total. The van der Waals surface area contributed by atoms with Gasteiger partial charge in [0, 0.05) is 0 Å². The van der Waals surface area contributed by atoms with Gasteiger partial charge in [-0.25, -0.2) is 0 Å². The third-order valence-corrected chi connectivity index (χ3v) is 4.03. The maximum absolute atomic E-state index is 11.5. The Labute approximate surface area is 111 Å². The van der Waals surface area contributed by atoms with E-state index in [0.29, 0.717) is 19.3 Å². The summed E-state index contributed by atoms with van der Waals surface area (Å²) in [6, 6.07) is 0. The zero-order valence-electron chi connectivity index (χ0n) is 12.0. The van der Waals surface area contributed by atoms with Gasteiger partial charge in [-0.2, -0.15) is 0 Å². The quantitative estimate of drug-likeness (QED) is 0.730. The molecule has 4 heteroatoms. The Morgan fingerprint density at radius 3 is 2.72 bits per heavy atom. The zero-order chi connectivity index (χ0) is 13.6. The molecule has 0 spiro atoms. The SMILES string of the molecule is CCNC(C)(COC1CCCC(CC)C1)C(N)=O. The van der Waals surface area contributed by atoms with Crippen molar-refractivity contribution in [3.05, 3.63) is 0 Å². The Balaban J connectivity index is 2.44. The minimum atomic E-state index is -0.742. The Morgan fingerprint density at radius 1 is 1.44 bits per heavy atom. The smallest absolute Gasteiger partial charge is 0.239 e. The summed E-state index contributed by atoms with van der Waals surface area (Å²) in [4.78, 5) is 11.5. The van der Waals surface area contributed by atoms with Crippen molar-refractivity contribution in [3.63, 3.8) is 0 Å². The first kappa shape index (κ1) is 15.4. The molecule has 0 aliphatic heterocycles. The van der Waals surface area contributed by atoms with E-state index in [4.69, 9.17) is 10.5 Å². The topological polar surface area (TPSA) is 64.3 Å². The molecule has 0 heterocycles. The van der Waals surface area contributed by atoms with Crippen molar-refractivity contribution in [1.82, 2.24) is 5.32 Å². The first-order valence-corrected chi connectivity index (χ1v) is 7.18. The fourth-order valence-corrected chi connectivity index (χ4v) is 2.65. The van der Waals surface area contributed by atoms with Gasteiger partial charge in [-0.1, -0.05) is 33.1 Å². The molecule has 1 fully saturated rings. The third-order valence-electron chi connectivity index (χ3n) is 4.03. The summed E-state index contributed by atoms with van der Waals surface area (Å²) < 4.78 is 5.93. The fourth-order valence-electron chi connectivity index (χ4n) is 2.65. The minimum absolute atomic E-state index is 0.293. The van der Waals surface area contributed by atoms with Crippen molar-refractivity contribution >= 4 is 5.91 Å². The molecule has 3 N–H and O–H groups in total. The van der Waals surface area contributed by atoms with Crippen LogP contribution >= 0.6 is 0 Å². The summed E-state index contributed by atoms with van der Waals surface area (Å²) in [6.45, 7) is 7.11. The Kier molecular flexibility index (Phi) is 6.09.